The molecular formula is C14H21N3O. The minimum absolute atomic E-state index is 0.0634. The second-order valence-electron chi connectivity index (χ2n) is 6.93. The van der Waals surface area contributed by atoms with Gasteiger partial charge in [0.05, 0.1) is 12.2 Å². The molecule has 4 heteroatoms. The number of hydrogen-bond acceptors (Lipinski definition) is 4. The van der Waals surface area contributed by atoms with E-state index >= 15 is 0 Å². The van der Waals surface area contributed by atoms with Crippen LogP contribution >= 0.6 is 0 Å². The molecule has 0 atom stereocenters. The van der Waals surface area contributed by atoms with Crippen molar-refractivity contribution in [3.05, 3.63) is 23.1 Å². The predicted molar refractivity (Wildman–Crippen MR) is 72.5 cm³/mol. The van der Waals surface area contributed by atoms with Gasteiger partial charge in [-0.2, -0.15) is 0 Å². The molecule has 0 fully saturated rings. The van der Waals surface area contributed by atoms with Crippen molar-refractivity contribution in [1.29, 1.82) is 0 Å². The zero-order valence-electron chi connectivity index (χ0n) is 11.8. The zero-order valence-corrected chi connectivity index (χ0v) is 11.8. The molecule has 4 nitrogen and oxygen atoms in total. The number of nitrogens with zero attached hydrogens (tertiary/aromatic N) is 3. The standard InChI is InChI=1S/C14H21N3O/c1-13(2,3)8-14(4,5)10-6-9(18)7-11-12(10)16-17-15-11/h6,18H,7-8H2,1-5H3. The zero-order chi connectivity index (χ0) is 13.6. The lowest BCUT2D eigenvalue weighted by Crippen LogP contribution is -2.26. The Morgan fingerprint density at radius 2 is 1.89 bits per heavy atom. The summed E-state index contributed by atoms with van der Waals surface area (Å²) < 4.78 is 0. The number of aliphatic hydroxyl groups excluding tert-OH is 1. The summed E-state index contributed by atoms with van der Waals surface area (Å²) in [4.78, 5) is 0. The van der Waals surface area contributed by atoms with Crippen molar-refractivity contribution in [1.82, 2.24) is 0 Å². The van der Waals surface area contributed by atoms with Crippen LogP contribution in [0.2, 0.25) is 0 Å². The summed E-state index contributed by atoms with van der Waals surface area (Å²) in [5.74, 6) is 0.349. The highest BCUT2D eigenvalue weighted by Gasteiger charge is 2.35. The van der Waals surface area contributed by atoms with Gasteiger partial charge in [0.25, 0.3) is 0 Å². The van der Waals surface area contributed by atoms with Crippen molar-refractivity contribution in [3.8, 4) is 0 Å². The van der Waals surface area contributed by atoms with Gasteiger partial charge in [-0.15, -0.1) is 10.2 Å². The van der Waals surface area contributed by atoms with Crippen molar-refractivity contribution in [2.24, 2.45) is 26.3 Å². The molecule has 2 aliphatic rings. The fraction of sp³-hybridized carbons (Fsp3) is 0.643. The Labute approximate surface area is 108 Å². The fourth-order valence-electron chi connectivity index (χ4n) is 2.95. The molecule has 0 aromatic heterocycles. The molecule has 0 aromatic carbocycles. The number of hydrogen-bond donors (Lipinski definition) is 1. The van der Waals surface area contributed by atoms with Gasteiger partial charge in [-0.25, -0.2) is 0 Å². The van der Waals surface area contributed by atoms with Crippen LogP contribution in [-0.4, -0.2) is 10.8 Å². The van der Waals surface area contributed by atoms with Crippen LogP contribution in [0, 0.1) is 10.8 Å². The van der Waals surface area contributed by atoms with E-state index in [1.165, 1.54) is 0 Å². The highest BCUT2D eigenvalue weighted by molar-refractivity contribution is 6.04. The monoisotopic (exact) mass is 247 g/mol. The molecule has 0 spiro atoms. The first kappa shape index (κ1) is 13.0. The number of allylic oxidation sites excluding steroid dienone is 4. The van der Waals surface area contributed by atoms with Crippen LogP contribution in [0.25, 0.3) is 0 Å². The van der Waals surface area contributed by atoms with Gasteiger partial charge in [0.2, 0.25) is 0 Å². The fourth-order valence-corrected chi connectivity index (χ4v) is 2.95. The smallest absolute Gasteiger partial charge is 0.115 e. The molecule has 1 aliphatic heterocycles. The van der Waals surface area contributed by atoms with Crippen molar-refractivity contribution in [2.75, 3.05) is 0 Å². The molecule has 0 bridgehead atoms. The van der Waals surface area contributed by atoms with E-state index in [4.69, 9.17) is 0 Å². The molecule has 1 N–H and O–H groups in total. The summed E-state index contributed by atoms with van der Waals surface area (Å²) in [5.41, 5.74) is 2.83. The lowest BCUT2D eigenvalue weighted by atomic mass is 9.70. The van der Waals surface area contributed by atoms with E-state index in [1.807, 2.05) is 6.08 Å². The van der Waals surface area contributed by atoms with E-state index in [0.717, 1.165) is 23.4 Å². The average molecular weight is 247 g/mol. The molecule has 0 amide bonds. The van der Waals surface area contributed by atoms with Crippen molar-refractivity contribution < 1.29 is 5.11 Å². The predicted octanol–water partition coefficient (Wildman–Crippen LogP) is 4.37. The molecule has 2 rings (SSSR count). The molecule has 1 aliphatic carbocycles. The number of fused-ring (bicyclic) bond motifs is 1. The summed E-state index contributed by atoms with van der Waals surface area (Å²) in [6, 6.07) is 0. The maximum absolute atomic E-state index is 9.85. The lowest BCUT2D eigenvalue weighted by Gasteiger charge is -2.35. The van der Waals surface area contributed by atoms with Crippen LogP contribution in [0.4, 0.5) is 0 Å². The van der Waals surface area contributed by atoms with Gasteiger partial charge < -0.3 is 5.11 Å². The first-order valence-corrected chi connectivity index (χ1v) is 6.31. The van der Waals surface area contributed by atoms with E-state index in [0.29, 0.717) is 12.2 Å². The van der Waals surface area contributed by atoms with Gasteiger partial charge in [-0.3, -0.25) is 0 Å². The third kappa shape index (κ3) is 2.52. The van der Waals surface area contributed by atoms with Gasteiger partial charge in [0.1, 0.15) is 11.4 Å². The van der Waals surface area contributed by atoms with E-state index in [9.17, 15) is 5.11 Å². The Morgan fingerprint density at radius 3 is 2.50 bits per heavy atom. The largest absolute Gasteiger partial charge is 0.512 e. The minimum Gasteiger partial charge on any atom is -0.512 e. The van der Waals surface area contributed by atoms with E-state index < -0.39 is 0 Å². The van der Waals surface area contributed by atoms with Crippen molar-refractivity contribution in [3.63, 3.8) is 0 Å². The molecule has 1 heterocycles. The maximum atomic E-state index is 9.85. The Kier molecular flexibility index (Phi) is 2.92. The van der Waals surface area contributed by atoms with Crippen molar-refractivity contribution >= 4 is 5.71 Å². The van der Waals surface area contributed by atoms with E-state index in [1.54, 1.807) is 0 Å². The maximum Gasteiger partial charge on any atom is 0.115 e. The Morgan fingerprint density at radius 1 is 1.22 bits per heavy atom. The van der Waals surface area contributed by atoms with Crippen LogP contribution < -0.4 is 0 Å². The SMILES string of the molecule is CC(C)(C)CC(C)(C)C1=C2N=NN=C2CC(O)=C1. The molecule has 18 heavy (non-hydrogen) atoms. The molecular weight excluding hydrogens is 226 g/mol. The molecule has 0 aromatic rings. The number of aliphatic hydroxyl groups is 1. The van der Waals surface area contributed by atoms with Crippen LogP contribution in [-0.2, 0) is 0 Å². The Balaban J connectivity index is 2.42. The molecule has 98 valence electrons. The first-order chi connectivity index (χ1) is 8.19. The van der Waals surface area contributed by atoms with Crippen molar-refractivity contribution in [2.45, 2.75) is 47.5 Å². The highest BCUT2D eigenvalue weighted by Crippen LogP contribution is 2.43. The highest BCUT2D eigenvalue weighted by atomic mass is 16.3. The average Bonchev–Trinajstić information content (AvgIpc) is 2.59. The van der Waals surface area contributed by atoms with Gasteiger partial charge in [-0.1, -0.05) is 34.6 Å². The van der Waals surface area contributed by atoms with E-state index in [-0.39, 0.29) is 10.8 Å². The van der Waals surface area contributed by atoms with E-state index in [2.05, 4.69) is 50.1 Å². The first-order valence-electron chi connectivity index (χ1n) is 6.31. The molecule has 0 unspecified atom stereocenters. The van der Waals surface area contributed by atoms with Crippen LogP contribution in [0.1, 0.15) is 47.5 Å². The van der Waals surface area contributed by atoms with Gasteiger partial charge >= 0.3 is 0 Å². The molecule has 0 saturated carbocycles. The second kappa shape index (κ2) is 4.04. The summed E-state index contributed by atoms with van der Waals surface area (Å²) in [6.07, 6.45) is 3.28. The third-order valence-electron chi connectivity index (χ3n) is 3.20. The topological polar surface area (TPSA) is 57.3 Å². The van der Waals surface area contributed by atoms with Gasteiger partial charge in [0, 0.05) is 0 Å². The second-order valence-corrected chi connectivity index (χ2v) is 6.93. The van der Waals surface area contributed by atoms with Gasteiger partial charge in [0.15, 0.2) is 0 Å². The summed E-state index contributed by atoms with van der Waals surface area (Å²) in [6.45, 7) is 11.0. The van der Waals surface area contributed by atoms with Gasteiger partial charge in [-0.05, 0) is 34.1 Å². The quantitative estimate of drug-likeness (QED) is 0.773. The summed E-state index contributed by atoms with van der Waals surface area (Å²) in [5, 5.41) is 21.7. The molecule has 0 radical (unpaired) electrons. The van der Waals surface area contributed by atoms with Crippen LogP contribution in [0.3, 0.4) is 0 Å². The Hall–Kier alpha value is -1.45. The molecule has 0 saturated heterocycles. The number of rotatable bonds is 2. The minimum atomic E-state index is -0.0634. The van der Waals surface area contributed by atoms with Crippen LogP contribution in [0.15, 0.2) is 38.5 Å². The lowest BCUT2D eigenvalue weighted by molar-refractivity contribution is 0.251. The third-order valence-corrected chi connectivity index (χ3v) is 3.20. The Bertz CT molecular complexity index is 488. The normalized spacial score (nSPS) is 19.8. The summed E-state index contributed by atoms with van der Waals surface area (Å²) >= 11 is 0. The van der Waals surface area contributed by atoms with Crippen LogP contribution in [0.5, 0.6) is 0 Å². The summed E-state index contributed by atoms with van der Waals surface area (Å²) in [7, 11) is 0.